The number of carbonyl (C=O) groups excluding carboxylic acids is 1. The van der Waals surface area contributed by atoms with Gasteiger partial charge in [-0.15, -0.1) is 0 Å². The van der Waals surface area contributed by atoms with Gasteiger partial charge in [0.1, 0.15) is 0 Å². The molecule has 1 saturated carbocycles. The van der Waals surface area contributed by atoms with Crippen molar-refractivity contribution in [2.45, 2.75) is 53.0 Å². The lowest BCUT2D eigenvalue weighted by molar-refractivity contribution is 0.0956. The third kappa shape index (κ3) is 3.99. The van der Waals surface area contributed by atoms with E-state index in [0.29, 0.717) is 18.5 Å². The van der Waals surface area contributed by atoms with E-state index in [9.17, 15) is 4.79 Å². The summed E-state index contributed by atoms with van der Waals surface area (Å²) in [5, 5.41) is 6.53. The predicted octanol–water partition coefficient (Wildman–Crippen LogP) is 3.98. The van der Waals surface area contributed by atoms with Crippen molar-refractivity contribution < 1.29 is 4.79 Å². The molecule has 0 radical (unpaired) electrons. The van der Waals surface area contributed by atoms with Crippen molar-refractivity contribution in [1.82, 2.24) is 5.32 Å². The summed E-state index contributed by atoms with van der Waals surface area (Å²) in [6, 6.07) is 6.49. The number of carbonyl (C=O) groups is 1. The second kappa shape index (κ2) is 6.97. The summed E-state index contributed by atoms with van der Waals surface area (Å²) in [5.41, 5.74) is 3.05. The summed E-state index contributed by atoms with van der Waals surface area (Å²) >= 11 is 0. The van der Waals surface area contributed by atoms with Crippen LogP contribution in [0.15, 0.2) is 18.2 Å². The third-order valence-electron chi connectivity index (χ3n) is 4.60. The van der Waals surface area contributed by atoms with Crippen LogP contribution in [0.5, 0.6) is 0 Å². The summed E-state index contributed by atoms with van der Waals surface area (Å²) in [6.45, 7) is 9.35. The molecule has 0 aromatic heterocycles. The van der Waals surface area contributed by atoms with Gasteiger partial charge >= 0.3 is 0 Å². The normalized spacial score (nSPS) is 25.4. The number of amides is 1. The summed E-state index contributed by atoms with van der Waals surface area (Å²) in [6.07, 6.45) is 3.84. The van der Waals surface area contributed by atoms with Crippen LogP contribution in [0.3, 0.4) is 0 Å². The summed E-state index contributed by atoms with van der Waals surface area (Å²) in [5.74, 6) is 1.56. The highest BCUT2D eigenvalue weighted by atomic mass is 16.1. The largest absolute Gasteiger partial charge is 0.382 e. The maximum Gasteiger partial charge on any atom is 0.251 e. The van der Waals surface area contributed by atoms with E-state index in [-0.39, 0.29) is 5.91 Å². The van der Waals surface area contributed by atoms with Gasteiger partial charge in [-0.25, -0.2) is 0 Å². The van der Waals surface area contributed by atoms with E-state index in [1.165, 1.54) is 19.3 Å². The summed E-state index contributed by atoms with van der Waals surface area (Å²) in [7, 11) is 0. The van der Waals surface area contributed by atoms with Crippen LogP contribution in [0, 0.1) is 18.8 Å². The minimum absolute atomic E-state index is 0.00649. The molecular weight excluding hydrogens is 260 g/mol. The predicted molar refractivity (Wildman–Crippen MR) is 88.8 cm³/mol. The molecule has 1 aromatic carbocycles. The molecule has 1 aliphatic rings. The van der Waals surface area contributed by atoms with E-state index in [1.807, 2.05) is 25.1 Å². The molecule has 0 saturated heterocycles. The van der Waals surface area contributed by atoms with Gasteiger partial charge in [0, 0.05) is 23.8 Å². The van der Waals surface area contributed by atoms with E-state index < -0.39 is 0 Å². The maximum absolute atomic E-state index is 11.9. The summed E-state index contributed by atoms with van der Waals surface area (Å²) in [4.78, 5) is 11.9. The van der Waals surface area contributed by atoms with Gasteiger partial charge in [0.15, 0.2) is 0 Å². The first kappa shape index (κ1) is 15.9. The van der Waals surface area contributed by atoms with Crippen molar-refractivity contribution in [1.29, 1.82) is 0 Å². The molecule has 0 aliphatic heterocycles. The summed E-state index contributed by atoms with van der Waals surface area (Å²) < 4.78 is 0. The first-order chi connectivity index (χ1) is 10.0. The topological polar surface area (TPSA) is 41.1 Å². The average Bonchev–Trinajstić information content (AvgIpc) is 2.44. The minimum atomic E-state index is 0.00649. The van der Waals surface area contributed by atoms with E-state index in [2.05, 4.69) is 31.4 Å². The second-order valence-electron chi connectivity index (χ2n) is 6.54. The fourth-order valence-electron chi connectivity index (χ4n) is 3.31. The molecule has 116 valence electrons. The van der Waals surface area contributed by atoms with Crippen molar-refractivity contribution >= 4 is 11.6 Å². The number of benzene rings is 1. The number of hydrogen-bond acceptors (Lipinski definition) is 2. The molecule has 3 heteroatoms. The van der Waals surface area contributed by atoms with Crippen LogP contribution in [0.4, 0.5) is 5.69 Å². The zero-order valence-electron chi connectivity index (χ0n) is 13.7. The van der Waals surface area contributed by atoms with Gasteiger partial charge in [-0.1, -0.05) is 13.8 Å². The zero-order valence-corrected chi connectivity index (χ0v) is 13.7. The smallest absolute Gasteiger partial charge is 0.251 e. The highest BCUT2D eigenvalue weighted by Crippen LogP contribution is 2.31. The molecule has 1 aromatic rings. The van der Waals surface area contributed by atoms with Gasteiger partial charge in [0.2, 0.25) is 0 Å². The Bertz CT molecular complexity index is 498. The number of anilines is 1. The fourth-order valence-corrected chi connectivity index (χ4v) is 3.31. The Morgan fingerprint density at radius 1 is 1.29 bits per heavy atom. The molecule has 3 atom stereocenters. The first-order valence-electron chi connectivity index (χ1n) is 8.16. The van der Waals surface area contributed by atoms with Crippen molar-refractivity contribution in [3.63, 3.8) is 0 Å². The Hall–Kier alpha value is -1.51. The van der Waals surface area contributed by atoms with Crippen LogP contribution in [0.1, 0.15) is 56.0 Å². The number of rotatable bonds is 4. The van der Waals surface area contributed by atoms with Crippen LogP contribution in [0.2, 0.25) is 0 Å². The molecular formula is C18H28N2O. The molecule has 21 heavy (non-hydrogen) atoms. The Morgan fingerprint density at radius 2 is 2.05 bits per heavy atom. The number of hydrogen-bond donors (Lipinski definition) is 2. The SMILES string of the molecule is CCNC(=O)c1ccc(NC2CCC(C)CC2C)c(C)c1. The number of aryl methyl sites for hydroxylation is 1. The van der Waals surface area contributed by atoms with Gasteiger partial charge in [-0.2, -0.15) is 0 Å². The first-order valence-corrected chi connectivity index (χ1v) is 8.16. The molecule has 2 rings (SSSR count). The highest BCUT2D eigenvalue weighted by Gasteiger charge is 2.25. The lowest BCUT2D eigenvalue weighted by atomic mass is 9.79. The monoisotopic (exact) mass is 288 g/mol. The minimum Gasteiger partial charge on any atom is -0.382 e. The number of nitrogens with one attached hydrogen (secondary N) is 2. The molecule has 3 unspecified atom stereocenters. The Labute approximate surface area is 128 Å². The van der Waals surface area contributed by atoms with Crippen LogP contribution in [0.25, 0.3) is 0 Å². The van der Waals surface area contributed by atoms with Crippen LogP contribution >= 0.6 is 0 Å². The Morgan fingerprint density at radius 3 is 2.67 bits per heavy atom. The van der Waals surface area contributed by atoms with E-state index >= 15 is 0 Å². The fraction of sp³-hybridized carbons (Fsp3) is 0.611. The van der Waals surface area contributed by atoms with Crippen LogP contribution < -0.4 is 10.6 Å². The van der Waals surface area contributed by atoms with Gasteiger partial charge in [0.05, 0.1) is 0 Å². The molecule has 1 aliphatic carbocycles. The van der Waals surface area contributed by atoms with Gasteiger partial charge in [-0.3, -0.25) is 4.79 Å². The van der Waals surface area contributed by atoms with Crippen LogP contribution in [-0.2, 0) is 0 Å². The molecule has 0 spiro atoms. The molecule has 0 bridgehead atoms. The van der Waals surface area contributed by atoms with E-state index in [4.69, 9.17) is 0 Å². The second-order valence-corrected chi connectivity index (χ2v) is 6.54. The average molecular weight is 288 g/mol. The standard InChI is InChI=1S/C18H28N2O/c1-5-19-18(21)15-7-9-17(14(4)11-15)20-16-8-6-12(2)10-13(16)3/h7,9,11-13,16,20H,5-6,8,10H2,1-4H3,(H,19,21). The molecule has 1 amide bonds. The quantitative estimate of drug-likeness (QED) is 0.880. The van der Waals surface area contributed by atoms with Crippen molar-refractivity contribution in [3.8, 4) is 0 Å². The maximum atomic E-state index is 11.9. The Kier molecular flexibility index (Phi) is 5.27. The van der Waals surface area contributed by atoms with E-state index in [1.54, 1.807) is 0 Å². The molecule has 0 heterocycles. The van der Waals surface area contributed by atoms with E-state index in [0.717, 1.165) is 22.7 Å². The lowest BCUT2D eigenvalue weighted by Gasteiger charge is -2.34. The molecule has 3 nitrogen and oxygen atoms in total. The van der Waals surface area contributed by atoms with Gasteiger partial charge in [-0.05, 0) is 68.7 Å². The zero-order chi connectivity index (χ0) is 15.4. The Balaban J connectivity index is 2.06. The van der Waals surface area contributed by atoms with Crippen molar-refractivity contribution in [3.05, 3.63) is 29.3 Å². The molecule has 1 fully saturated rings. The molecule has 2 N–H and O–H groups in total. The lowest BCUT2D eigenvalue weighted by Crippen LogP contribution is -2.33. The van der Waals surface area contributed by atoms with Gasteiger partial charge < -0.3 is 10.6 Å². The highest BCUT2D eigenvalue weighted by molar-refractivity contribution is 5.94. The van der Waals surface area contributed by atoms with Crippen molar-refractivity contribution in [2.24, 2.45) is 11.8 Å². The van der Waals surface area contributed by atoms with Gasteiger partial charge in [0.25, 0.3) is 5.91 Å². The van der Waals surface area contributed by atoms with Crippen LogP contribution in [-0.4, -0.2) is 18.5 Å². The third-order valence-corrected chi connectivity index (χ3v) is 4.60. The van der Waals surface area contributed by atoms with Crippen molar-refractivity contribution in [2.75, 3.05) is 11.9 Å².